The molecule has 1 amide bonds. The molecule has 0 saturated heterocycles. The van der Waals surface area contributed by atoms with E-state index in [2.05, 4.69) is 37.2 Å². The summed E-state index contributed by atoms with van der Waals surface area (Å²) < 4.78 is 1.83. The molecule has 1 aliphatic carbocycles. The quantitative estimate of drug-likeness (QED) is 0.827. The largest absolute Gasteiger partial charge is 0.352 e. The minimum atomic E-state index is 0.0163. The van der Waals surface area contributed by atoms with Crippen molar-refractivity contribution in [3.05, 3.63) is 32.7 Å². The van der Waals surface area contributed by atoms with Gasteiger partial charge in [0, 0.05) is 21.1 Å². The van der Waals surface area contributed by atoms with Crippen molar-refractivity contribution in [1.29, 1.82) is 0 Å². The van der Waals surface area contributed by atoms with E-state index in [9.17, 15) is 4.79 Å². The minimum absolute atomic E-state index is 0.0163. The molecule has 0 bridgehead atoms. The first kappa shape index (κ1) is 14.1. The molecule has 0 atom stereocenters. The molecule has 1 aromatic carbocycles. The van der Waals surface area contributed by atoms with Crippen molar-refractivity contribution in [3.8, 4) is 0 Å². The maximum Gasteiger partial charge on any atom is 0.251 e. The van der Waals surface area contributed by atoms with E-state index in [4.69, 9.17) is 0 Å². The molecular weight excluding hydrogens is 358 g/mol. The van der Waals surface area contributed by atoms with Gasteiger partial charge in [-0.3, -0.25) is 4.79 Å². The first-order valence-corrected chi connectivity index (χ1v) is 7.98. The third kappa shape index (κ3) is 4.09. The second kappa shape index (κ2) is 6.71. The van der Waals surface area contributed by atoms with Crippen LogP contribution in [0.15, 0.2) is 27.1 Å². The standard InChI is InChI=1S/C14H17Br2NO/c15-12-6-11(7-13(16)8-12)14(18)17-9-10-4-2-1-3-5-10/h6-8,10H,1-5,9H2,(H,17,18). The number of hydrogen-bond donors (Lipinski definition) is 1. The molecule has 0 heterocycles. The van der Waals surface area contributed by atoms with E-state index in [1.54, 1.807) is 0 Å². The Morgan fingerprint density at radius 3 is 2.33 bits per heavy atom. The summed E-state index contributed by atoms with van der Waals surface area (Å²) in [5.41, 5.74) is 0.701. The number of carbonyl (C=O) groups is 1. The van der Waals surface area contributed by atoms with Gasteiger partial charge in [0.2, 0.25) is 0 Å². The van der Waals surface area contributed by atoms with Crippen LogP contribution < -0.4 is 5.32 Å². The number of hydrogen-bond acceptors (Lipinski definition) is 1. The van der Waals surface area contributed by atoms with Gasteiger partial charge in [-0.25, -0.2) is 0 Å². The molecule has 2 nitrogen and oxygen atoms in total. The molecule has 0 spiro atoms. The summed E-state index contributed by atoms with van der Waals surface area (Å²) in [4.78, 5) is 12.0. The van der Waals surface area contributed by atoms with Gasteiger partial charge in [0.05, 0.1) is 0 Å². The molecule has 98 valence electrons. The van der Waals surface area contributed by atoms with Crippen LogP contribution in [0, 0.1) is 5.92 Å². The highest BCUT2D eigenvalue weighted by Gasteiger charge is 2.15. The Bertz CT molecular complexity index is 408. The third-order valence-electron chi connectivity index (χ3n) is 3.40. The van der Waals surface area contributed by atoms with Crippen molar-refractivity contribution >= 4 is 37.8 Å². The van der Waals surface area contributed by atoms with Crippen LogP contribution in [0.3, 0.4) is 0 Å². The van der Waals surface area contributed by atoms with Gasteiger partial charge in [-0.05, 0) is 37.0 Å². The molecule has 1 aromatic rings. The highest BCUT2D eigenvalue weighted by Crippen LogP contribution is 2.23. The number of rotatable bonds is 3. The molecule has 4 heteroatoms. The van der Waals surface area contributed by atoms with Crippen LogP contribution in [-0.4, -0.2) is 12.5 Å². The smallest absolute Gasteiger partial charge is 0.251 e. The van der Waals surface area contributed by atoms with E-state index in [1.807, 2.05) is 18.2 Å². The summed E-state index contributed by atoms with van der Waals surface area (Å²) in [5.74, 6) is 0.681. The average molecular weight is 375 g/mol. The lowest BCUT2D eigenvalue weighted by atomic mass is 9.89. The van der Waals surface area contributed by atoms with Gasteiger partial charge in [0.1, 0.15) is 0 Å². The highest BCUT2D eigenvalue weighted by atomic mass is 79.9. The normalized spacial score (nSPS) is 16.6. The Kier molecular flexibility index (Phi) is 5.25. The van der Waals surface area contributed by atoms with Crippen LogP contribution in [-0.2, 0) is 0 Å². The fourth-order valence-corrected chi connectivity index (χ4v) is 3.71. The molecule has 0 aromatic heterocycles. The van der Waals surface area contributed by atoms with Gasteiger partial charge in [-0.2, -0.15) is 0 Å². The zero-order valence-electron chi connectivity index (χ0n) is 10.2. The van der Waals surface area contributed by atoms with Gasteiger partial charge in [-0.1, -0.05) is 51.1 Å². The van der Waals surface area contributed by atoms with Crippen LogP contribution in [0.2, 0.25) is 0 Å². The number of amides is 1. The van der Waals surface area contributed by atoms with E-state index >= 15 is 0 Å². The summed E-state index contributed by atoms with van der Waals surface area (Å²) >= 11 is 6.80. The van der Waals surface area contributed by atoms with E-state index in [0.717, 1.165) is 15.5 Å². The summed E-state index contributed by atoms with van der Waals surface area (Å²) in [6.45, 7) is 0.808. The van der Waals surface area contributed by atoms with E-state index in [1.165, 1.54) is 32.1 Å². The Balaban J connectivity index is 1.90. The molecule has 2 rings (SSSR count). The molecule has 0 unspecified atom stereocenters. The average Bonchev–Trinajstić information content (AvgIpc) is 2.36. The zero-order valence-corrected chi connectivity index (χ0v) is 13.4. The lowest BCUT2D eigenvalue weighted by Crippen LogP contribution is -2.30. The molecule has 18 heavy (non-hydrogen) atoms. The summed E-state index contributed by atoms with van der Waals surface area (Å²) in [6.07, 6.45) is 6.47. The monoisotopic (exact) mass is 373 g/mol. The molecule has 1 saturated carbocycles. The highest BCUT2D eigenvalue weighted by molar-refractivity contribution is 9.11. The van der Waals surface area contributed by atoms with Crippen LogP contribution in [0.1, 0.15) is 42.5 Å². The molecule has 1 fully saturated rings. The van der Waals surface area contributed by atoms with Gasteiger partial charge >= 0.3 is 0 Å². The van der Waals surface area contributed by atoms with Crippen molar-refractivity contribution in [2.24, 2.45) is 5.92 Å². The fourth-order valence-electron chi connectivity index (χ4n) is 2.42. The minimum Gasteiger partial charge on any atom is -0.352 e. The first-order valence-electron chi connectivity index (χ1n) is 6.39. The molecular formula is C14H17Br2NO. The van der Waals surface area contributed by atoms with Crippen molar-refractivity contribution in [3.63, 3.8) is 0 Å². The van der Waals surface area contributed by atoms with Crippen molar-refractivity contribution in [2.75, 3.05) is 6.54 Å². The topological polar surface area (TPSA) is 29.1 Å². The van der Waals surface area contributed by atoms with Crippen molar-refractivity contribution < 1.29 is 4.79 Å². The predicted molar refractivity (Wildman–Crippen MR) is 80.8 cm³/mol. The maximum atomic E-state index is 12.0. The van der Waals surface area contributed by atoms with Crippen LogP contribution in [0.5, 0.6) is 0 Å². The van der Waals surface area contributed by atoms with Crippen LogP contribution in [0.25, 0.3) is 0 Å². The van der Waals surface area contributed by atoms with Gasteiger partial charge < -0.3 is 5.32 Å². The van der Waals surface area contributed by atoms with Crippen molar-refractivity contribution in [2.45, 2.75) is 32.1 Å². The first-order chi connectivity index (χ1) is 8.65. The number of benzene rings is 1. The number of carbonyl (C=O) groups excluding carboxylic acids is 1. The summed E-state index contributed by atoms with van der Waals surface area (Å²) in [7, 11) is 0. The molecule has 1 N–H and O–H groups in total. The predicted octanol–water partition coefficient (Wildman–Crippen LogP) is 4.52. The Morgan fingerprint density at radius 2 is 1.72 bits per heavy atom. The lowest BCUT2D eigenvalue weighted by Gasteiger charge is -2.21. The molecule has 0 radical (unpaired) electrons. The molecule has 0 aliphatic heterocycles. The Hall–Kier alpha value is -0.350. The van der Waals surface area contributed by atoms with Crippen LogP contribution >= 0.6 is 31.9 Å². The Morgan fingerprint density at radius 1 is 1.11 bits per heavy atom. The zero-order chi connectivity index (χ0) is 13.0. The van der Waals surface area contributed by atoms with E-state index in [0.29, 0.717) is 11.5 Å². The second-order valence-electron chi connectivity index (χ2n) is 4.87. The van der Waals surface area contributed by atoms with Gasteiger partial charge in [-0.15, -0.1) is 0 Å². The second-order valence-corrected chi connectivity index (χ2v) is 6.70. The summed E-state index contributed by atoms with van der Waals surface area (Å²) in [6, 6.07) is 5.62. The number of nitrogens with one attached hydrogen (secondary N) is 1. The lowest BCUT2D eigenvalue weighted by molar-refractivity contribution is 0.0943. The van der Waals surface area contributed by atoms with E-state index < -0.39 is 0 Å². The Labute approximate surface area is 125 Å². The van der Waals surface area contributed by atoms with E-state index in [-0.39, 0.29) is 5.91 Å². The molecule has 1 aliphatic rings. The maximum absolute atomic E-state index is 12.0. The number of halogens is 2. The SMILES string of the molecule is O=C(NCC1CCCCC1)c1cc(Br)cc(Br)c1. The third-order valence-corrected chi connectivity index (χ3v) is 4.32. The van der Waals surface area contributed by atoms with Gasteiger partial charge in [0.15, 0.2) is 0 Å². The summed E-state index contributed by atoms with van der Waals surface area (Å²) in [5, 5.41) is 3.04. The fraction of sp³-hybridized carbons (Fsp3) is 0.500. The van der Waals surface area contributed by atoms with Crippen LogP contribution in [0.4, 0.5) is 0 Å². The van der Waals surface area contributed by atoms with Crippen molar-refractivity contribution in [1.82, 2.24) is 5.32 Å². The van der Waals surface area contributed by atoms with Gasteiger partial charge in [0.25, 0.3) is 5.91 Å².